The Bertz CT molecular complexity index is 1740. The van der Waals surface area contributed by atoms with Crippen molar-refractivity contribution in [1.82, 2.24) is 4.57 Å². The minimum absolute atomic E-state index is 0.265. The largest absolute Gasteiger partial charge is 0.496 e. The first-order valence-electron chi connectivity index (χ1n) is 12.5. The second-order valence-corrected chi connectivity index (χ2v) is 12.4. The summed E-state index contributed by atoms with van der Waals surface area (Å²) in [5.41, 5.74) is 1.64. The summed E-state index contributed by atoms with van der Waals surface area (Å²) in [5, 5.41) is 3.46. The van der Waals surface area contributed by atoms with Crippen molar-refractivity contribution in [2.24, 2.45) is 5.92 Å². The van der Waals surface area contributed by atoms with Crippen LogP contribution in [-0.4, -0.2) is 34.6 Å². The lowest BCUT2D eigenvalue weighted by Gasteiger charge is -2.31. The Morgan fingerprint density at radius 3 is 2.27 bits per heavy atom. The summed E-state index contributed by atoms with van der Waals surface area (Å²) in [7, 11) is 1.53. The highest BCUT2D eigenvalue weighted by Crippen LogP contribution is 2.55. The van der Waals surface area contributed by atoms with Gasteiger partial charge < -0.3 is 10.1 Å². The Morgan fingerprint density at radius 2 is 1.59 bits per heavy atom. The number of carbonyl (C=O) groups is 3. The lowest BCUT2D eigenvalue weighted by molar-refractivity contribution is -0.122. The number of para-hydroxylation sites is 1. The molecule has 0 unspecified atom stereocenters. The number of benzene rings is 3. The zero-order valence-corrected chi connectivity index (χ0v) is 24.5. The summed E-state index contributed by atoms with van der Waals surface area (Å²) in [6.45, 7) is -0.265. The number of amides is 3. The smallest absolute Gasteiger partial charge is 0.308 e. The number of nitrogens with zero attached hydrogens (tertiary/aromatic N) is 2. The molecule has 2 aliphatic rings. The van der Waals surface area contributed by atoms with Gasteiger partial charge in [-0.3, -0.25) is 23.7 Å². The Hall–Kier alpha value is -3.57. The number of halogens is 2. The van der Waals surface area contributed by atoms with E-state index in [1.54, 1.807) is 54.6 Å². The summed E-state index contributed by atoms with van der Waals surface area (Å²) in [6.07, 6.45) is 0. The Kier molecular flexibility index (Phi) is 7.41. The van der Waals surface area contributed by atoms with Gasteiger partial charge in [-0.25, -0.2) is 4.90 Å². The number of aromatic nitrogens is 1. The van der Waals surface area contributed by atoms with E-state index in [0.29, 0.717) is 42.6 Å². The van der Waals surface area contributed by atoms with Gasteiger partial charge in [0.1, 0.15) is 17.5 Å². The Labute approximate surface area is 252 Å². The molecular weight excluding hydrogens is 605 g/mol. The number of thioether (sulfide) groups is 1. The van der Waals surface area contributed by atoms with Gasteiger partial charge in [-0.1, -0.05) is 64.5 Å². The first kappa shape index (κ1) is 27.6. The van der Waals surface area contributed by atoms with Crippen molar-refractivity contribution >= 4 is 75.4 Å². The molecule has 1 N–H and O–H groups in total. The van der Waals surface area contributed by atoms with Gasteiger partial charge in [0, 0.05) is 32.1 Å². The number of nitrogens with one attached hydrogen (secondary N) is 1. The maximum Gasteiger partial charge on any atom is 0.308 e. The number of methoxy groups -OCH3 is 1. The minimum Gasteiger partial charge on any atom is -0.496 e. The summed E-state index contributed by atoms with van der Waals surface area (Å²) >= 11 is 14.1. The highest BCUT2D eigenvalue weighted by atomic mass is 35.5. The SMILES string of the molecule is COc1ccccc1[C@@H]1c2sc(=O)n(CC(=O)Nc3ccc(Cl)cc3)c2S[C@H]2C(=O)N(c3ccc(Cl)cc3)C(=O)[C@@H]12. The second-order valence-electron chi connectivity index (χ2n) is 9.45. The predicted molar refractivity (Wildman–Crippen MR) is 161 cm³/mol. The average Bonchev–Trinajstić information content (AvgIpc) is 3.41. The van der Waals surface area contributed by atoms with Gasteiger partial charge in [0.25, 0.3) is 0 Å². The zero-order chi connectivity index (χ0) is 28.8. The van der Waals surface area contributed by atoms with Crippen LogP contribution in [0.2, 0.25) is 10.0 Å². The average molecular weight is 627 g/mol. The summed E-state index contributed by atoms with van der Waals surface area (Å²) in [5.74, 6) is -2.07. The number of imide groups is 1. The highest BCUT2D eigenvalue weighted by Gasteiger charge is 2.57. The molecule has 12 heteroatoms. The minimum atomic E-state index is -0.819. The van der Waals surface area contributed by atoms with E-state index in [1.165, 1.54) is 16.6 Å². The molecule has 2 aliphatic heterocycles. The summed E-state index contributed by atoms with van der Waals surface area (Å²) < 4.78 is 7.01. The molecule has 1 aromatic heterocycles. The van der Waals surface area contributed by atoms with Crippen molar-refractivity contribution in [3.05, 3.63) is 103 Å². The maximum absolute atomic E-state index is 14.0. The molecule has 1 saturated heterocycles. The van der Waals surface area contributed by atoms with Gasteiger partial charge in [0.05, 0.1) is 23.7 Å². The zero-order valence-electron chi connectivity index (χ0n) is 21.4. The molecule has 3 amide bonds. The fourth-order valence-corrected chi connectivity index (χ4v) is 8.25. The lowest BCUT2D eigenvalue weighted by Crippen LogP contribution is -2.33. The standard InChI is InChI=1S/C29H21Cl2N3O5S2/c1-39-20-5-3-2-4-19(20)22-23-24(27(37)34(26(23)36)18-12-8-16(31)9-13-18)40-28-25(22)41-29(38)33(28)14-21(35)32-17-10-6-15(30)7-11-17/h2-13,22-24H,14H2,1H3,(H,32,35)/t22-,23-,24+/m0/s1. The molecule has 0 spiro atoms. The van der Waals surface area contributed by atoms with E-state index in [4.69, 9.17) is 27.9 Å². The van der Waals surface area contributed by atoms with E-state index in [2.05, 4.69) is 5.32 Å². The third-order valence-corrected chi connectivity index (χ3v) is 10.1. The van der Waals surface area contributed by atoms with Crippen molar-refractivity contribution in [3.63, 3.8) is 0 Å². The van der Waals surface area contributed by atoms with Gasteiger partial charge in [0.15, 0.2) is 0 Å². The molecular formula is C29H21Cl2N3O5S2. The Morgan fingerprint density at radius 1 is 0.927 bits per heavy atom. The Balaban J connectivity index is 1.43. The highest BCUT2D eigenvalue weighted by molar-refractivity contribution is 8.00. The first-order valence-corrected chi connectivity index (χ1v) is 14.9. The normalized spacial score (nSPS) is 19.6. The molecule has 4 aromatic rings. The number of anilines is 2. The third kappa shape index (κ3) is 4.95. The molecule has 0 saturated carbocycles. The fraction of sp³-hybridized carbons (Fsp3) is 0.172. The van der Waals surface area contributed by atoms with Crippen LogP contribution in [0.3, 0.4) is 0 Å². The van der Waals surface area contributed by atoms with E-state index in [0.717, 1.165) is 23.1 Å². The fourth-order valence-electron chi connectivity index (χ4n) is 5.24. The van der Waals surface area contributed by atoms with Gasteiger partial charge in [-0.2, -0.15) is 0 Å². The van der Waals surface area contributed by atoms with Crippen LogP contribution in [-0.2, 0) is 20.9 Å². The van der Waals surface area contributed by atoms with Crippen LogP contribution in [0.25, 0.3) is 0 Å². The van der Waals surface area contributed by atoms with Crippen LogP contribution in [0.15, 0.2) is 82.6 Å². The van der Waals surface area contributed by atoms with Crippen LogP contribution in [0, 0.1) is 5.92 Å². The second kappa shape index (κ2) is 11.0. The number of hydrogen-bond acceptors (Lipinski definition) is 7. The summed E-state index contributed by atoms with van der Waals surface area (Å²) in [6, 6.07) is 20.4. The quantitative estimate of drug-likeness (QED) is 0.278. The number of ether oxygens (including phenoxy) is 1. The van der Waals surface area contributed by atoms with E-state index < -0.39 is 28.9 Å². The van der Waals surface area contributed by atoms with Gasteiger partial charge in [0.2, 0.25) is 17.7 Å². The lowest BCUT2D eigenvalue weighted by atomic mass is 9.82. The van der Waals surface area contributed by atoms with Crippen LogP contribution in [0.1, 0.15) is 16.4 Å². The van der Waals surface area contributed by atoms with E-state index >= 15 is 0 Å². The molecule has 0 radical (unpaired) electrons. The van der Waals surface area contributed by atoms with Crippen molar-refractivity contribution in [3.8, 4) is 5.75 Å². The molecule has 0 aliphatic carbocycles. The van der Waals surface area contributed by atoms with Crippen LogP contribution < -0.4 is 19.8 Å². The van der Waals surface area contributed by atoms with Crippen LogP contribution >= 0.6 is 46.3 Å². The predicted octanol–water partition coefficient (Wildman–Crippen LogP) is 5.66. The monoisotopic (exact) mass is 625 g/mol. The van der Waals surface area contributed by atoms with E-state index in [1.807, 2.05) is 18.2 Å². The molecule has 3 heterocycles. The number of thiazole rings is 1. The molecule has 6 rings (SSSR count). The van der Waals surface area contributed by atoms with Gasteiger partial charge in [-0.15, -0.1) is 0 Å². The van der Waals surface area contributed by atoms with Crippen molar-refractivity contribution in [1.29, 1.82) is 0 Å². The van der Waals surface area contributed by atoms with E-state index in [-0.39, 0.29) is 17.3 Å². The molecule has 3 aromatic carbocycles. The maximum atomic E-state index is 14.0. The van der Waals surface area contributed by atoms with Crippen molar-refractivity contribution in [2.75, 3.05) is 17.3 Å². The van der Waals surface area contributed by atoms with Crippen molar-refractivity contribution < 1.29 is 19.1 Å². The van der Waals surface area contributed by atoms with Crippen molar-refractivity contribution in [2.45, 2.75) is 22.7 Å². The topological polar surface area (TPSA) is 97.7 Å². The van der Waals surface area contributed by atoms with Gasteiger partial charge >= 0.3 is 4.87 Å². The molecule has 41 heavy (non-hydrogen) atoms. The van der Waals surface area contributed by atoms with Gasteiger partial charge in [-0.05, 0) is 54.6 Å². The molecule has 8 nitrogen and oxygen atoms in total. The molecule has 0 bridgehead atoms. The van der Waals surface area contributed by atoms with E-state index in [9.17, 15) is 19.2 Å². The molecule has 208 valence electrons. The first-order chi connectivity index (χ1) is 19.8. The number of carbonyl (C=O) groups excluding carboxylic acids is 3. The number of rotatable bonds is 6. The summed E-state index contributed by atoms with van der Waals surface area (Å²) in [4.78, 5) is 55.6. The number of hydrogen-bond donors (Lipinski definition) is 1. The third-order valence-electron chi connectivity index (χ3n) is 7.04. The number of fused-ring (bicyclic) bond motifs is 2. The van der Waals surface area contributed by atoms with Crippen LogP contribution in [0.5, 0.6) is 5.75 Å². The van der Waals surface area contributed by atoms with Crippen LogP contribution in [0.4, 0.5) is 11.4 Å². The molecule has 3 atom stereocenters. The molecule has 1 fully saturated rings.